The third-order valence-electron chi connectivity index (χ3n) is 5.64. The minimum absolute atomic E-state index is 0.141. The minimum Gasteiger partial charge on any atom is -0.508 e. The van der Waals surface area contributed by atoms with Crippen LogP contribution >= 0.6 is 11.6 Å². The quantitative estimate of drug-likeness (QED) is 0.581. The highest BCUT2D eigenvalue weighted by Crippen LogP contribution is 2.25. The molecule has 0 radical (unpaired) electrons. The van der Waals surface area contributed by atoms with E-state index in [0.717, 1.165) is 11.1 Å². The standard InChI is InChI=1S/C22H23ClN4O4/c1-12-2-5-14(9-17(12)23)24-22(31)25-15-10-19-20(29)26-18(21(30)27(19)11-15)8-13-3-6-16(28)7-4-13/h2-7,9,15,18-19,28H,8,10-11H2,1H3,(H,26,29)(H2,24,25,31)/t15-,18+,19-/m0/s1. The van der Waals surface area contributed by atoms with Crippen LogP contribution in [0.3, 0.4) is 0 Å². The van der Waals surface area contributed by atoms with E-state index in [1.165, 1.54) is 4.90 Å². The fourth-order valence-corrected chi connectivity index (χ4v) is 4.17. The number of benzene rings is 2. The molecular formula is C22H23ClN4O4. The van der Waals surface area contributed by atoms with Crippen molar-refractivity contribution in [3.05, 3.63) is 58.6 Å². The summed E-state index contributed by atoms with van der Waals surface area (Å²) in [4.78, 5) is 39.4. The van der Waals surface area contributed by atoms with Crippen LogP contribution in [0, 0.1) is 6.92 Å². The maximum Gasteiger partial charge on any atom is 0.319 e. The van der Waals surface area contributed by atoms with Gasteiger partial charge in [0.2, 0.25) is 11.8 Å². The predicted octanol–water partition coefficient (Wildman–Crippen LogP) is 2.19. The number of carbonyl (C=O) groups excluding carboxylic acids is 3. The third-order valence-corrected chi connectivity index (χ3v) is 6.05. The van der Waals surface area contributed by atoms with E-state index in [2.05, 4.69) is 16.0 Å². The number of nitrogens with zero attached hydrogens (tertiary/aromatic N) is 1. The maximum atomic E-state index is 12.9. The van der Waals surface area contributed by atoms with E-state index in [4.69, 9.17) is 11.6 Å². The average molecular weight is 443 g/mol. The summed E-state index contributed by atoms with van der Waals surface area (Å²) in [5.41, 5.74) is 2.30. The van der Waals surface area contributed by atoms with Gasteiger partial charge in [0.05, 0.1) is 6.04 Å². The zero-order chi connectivity index (χ0) is 22.1. The van der Waals surface area contributed by atoms with E-state index < -0.39 is 18.1 Å². The molecule has 2 aliphatic heterocycles. The van der Waals surface area contributed by atoms with Crippen molar-refractivity contribution in [1.82, 2.24) is 15.5 Å². The van der Waals surface area contributed by atoms with Crippen LogP contribution in [-0.4, -0.2) is 52.5 Å². The highest BCUT2D eigenvalue weighted by Gasteiger charge is 2.46. The van der Waals surface area contributed by atoms with Crippen LogP contribution in [-0.2, 0) is 16.0 Å². The number of aromatic hydroxyl groups is 1. The van der Waals surface area contributed by atoms with Crippen LogP contribution in [0.2, 0.25) is 5.02 Å². The molecule has 2 saturated heterocycles. The van der Waals surface area contributed by atoms with Crippen molar-refractivity contribution < 1.29 is 19.5 Å². The molecule has 162 valence electrons. The van der Waals surface area contributed by atoms with Gasteiger partial charge in [-0.2, -0.15) is 0 Å². The van der Waals surface area contributed by atoms with E-state index in [9.17, 15) is 19.5 Å². The summed E-state index contributed by atoms with van der Waals surface area (Å²) in [6, 6.07) is 9.73. The number of carbonyl (C=O) groups is 3. The van der Waals surface area contributed by atoms with Crippen LogP contribution < -0.4 is 16.0 Å². The zero-order valence-electron chi connectivity index (χ0n) is 16.9. The first-order valence-electron chi connectivity index (χ1n) is 10.0. The normalized spacial score (nSPS) is 22.6. The Kier molecular flexibility index (Phi) is 5.73. The van der Waals surface area contributed by atoms with Gasteiger partial charge in [-0.25, -0.2) is 4.79 Å². The number of rotatable bonds is 4. The zero-order valence-corrected chi connectivity index (χ0v) is 17.6. The van der Waals surface area contributed by atoms with Gasteiger partial charge in [0.1, 0.15) is 17.8 Å². The van der Waals surface area contributed by atoms with Gasteiger partial charge in [0, 0.05) is 23.7 Å². The number of hydrogen-bond donors (Lipinski definition) is 4. The molecule has 0 aliphatic carbocycles. The Bertz CT molecular complexity index is 1030. The van der Waals surface area contributed by atoms with E-state index in [-0.39, 0.29) is 30.2 Å². The van der Waals surface area contributed by atoms with Crippen molar-refractivity contribution in [3.63, 3.8) is 0 Å². The molecule has 3 atom stereocenters. The van der Waals surface area contributed by atoms with E-state index in [1.54, 1.807) is 36.4 Å². The molecule has 0 saturated carbocycles. The lowest BCUT2D eigenvalue weighted by Gasteiger charge is -2.34. The summed E-state index contributed by atoms with van der Waals surface area (Å²) >= 11 is 6.09. The van der Waals surface area contributed by atoms with Crippen molar-refractivity contribution in [2.24, 2.45) is 0 Å². The lowest BCUT2D eigenvalue weighted by Crippen LogP contribution is -2.61. The molecule has 31 heavy (non-hydrogen) atoms. The fourth-order valence-electron chi connectivity index (χ4n) is 3.99. The molecule has 0 bridgehead atoms. The number of aryl methyl sites for hydroxylation is 1. The highest BCUT2D eigenvalue weighted by molar-refractivity contribution is 6.31. The largest absolute Gasteiger partial charge is 0.508 e. The topological polar surface area (TPSA) is 111 Å². The fraction of sp³-hybridized carbons (Fsp3) is 0.318. The van der Waals surface area contributed by atoms with Crippen molar-refractivity contribution in [2.45, 2.75) is 37.9 Å². The molecular weight excluding hydrogens is 420 g/mol. The second-order valence-corrected chi connectivity index (χ2v) is 8.34. The van der Waals surface area contributed by atoms with Gasteiger partial charge < -0.3 is 26.0 Å². The average Bonchev–Trinajstić information content (AvgIpc) is 3.15. The Hall–Kier alpha value is -3.26. The molecule has 2 heterocycles. The van der Waals surface area contributed by atoms with Crippen LogP contribution in [0.25, 0.3) is 0 Å². The number of hydrogen-bond acceptors (Lipinski definition) is 4. The Morgan fingerprint density at radius 2 is 1.97 bits per heavy atom. The number of phenolic OH excluding ortho intramolecular Hbond substituents is 1. The van der Waals surface area contributed by atoms with Crippen LogP contribution in [0.15, 0.2) is 42.5 Å². The monoisotopic (exact) mass is 442 g/mol. The first kappa shape index (κ1) is 21.0. The molecule has 2 fully saturated rings. The molecule has 4 N–H and O–H groups in total. The summed E-state index contributed by atoms with van der Waals surface area (Å²) in [7, 11) is 0. The molecule has 0 spiro atoms. The van der Waals surface area contributed by atoms with Gasteiger partial charge in [-0.05, 0) is 48.7 Å². The number of amides is 4. The van der Waals surface area contributed by atoms with Gasteiger partial charge in [-0.1, -0.05) is 29.8 Å². The smallest absolute Gasteiger partial charge is 0.319 e. The molecule has 2 aromatic rings. The van der Waals surface area contributed by atoms with Crippen LogP contribution in [0.1, 0.15) is 17.5 Å². The van der Waals surface area contributed by atoms with E-state index >= 15 is 0 Å². The second-order valence-electron chi connectivity index (χ2n) is 7.93. The molecule has 2 aromatic carbocycles. The first-order chi connectivity index (χ1) is 14.8. The number of phenols is 1. The number of fused-ring (bicyclic) bond motifs is 1. The van der Waals surface area contributed by atoms with Crippen molar-refractivity contribution in [2.75, 3.05) is 11.9 Å². The molecule has 2 aliphatic rings. The van der Waals surface area contributed by atoms with E-state index in [1.807, 2.05) is 13.0 Å². The van der Waals surface area contributed by atoms with Crippen molar-refractivity contribution in [3.8, 4) is 5.75 Å². The Morgan fingerprint density at radius 1 is 1.23 bits per heavy atom. The van der Waals surface area contributed by atoms with E-state index in [0.29, 0.717) is 23.6 Å². The van der Waals surface area contributed by atoms with Gasteiger partial charge in [-0.3, -0.25) is 9.59 Å². The lowest BCUT2D eigenvalue weighted by atomic mass is 10.0. The van der Waals surface area contributed by atoms with Gasteiger partial charge in [0.15, 0.2) is 0 Å². The van der Waals surface area contributed by atoms with Gasteiger partial charge in [-0.15, -0.1) is 0 Å². The molecule has 0 aromatic heterocycles. The Balaban J connectivity index is 1.37. The summed E-state index contributed by atoms with van der Waals surface area (Å²) in [5.74, 6) is -0.256. The summed E-state index contributed by atoms with van der Waals surface area (Å²) < 4.78 is 0. The lowest BCUT2D eigenvalue weighted by molar-refractivity contribution is -0.147. The Labute approximate surface area is 184 Å². The summed E-state index contributed by atoms with van der Waals surface area (Å²) in [5, 5.41) is 18.3. The van der Waals surface area contributed by atoms with Crippen molar-refractivity contribution in [1.29, 1.82) is 0 Å². The van der Waals surface area contributed by atoms with Gasteiger partial charge in [0.25, 0.3) is 0 Å². The molecule has 9 heteroatoms. The molecule has 8 nitrogen and oxygen atoms in total. The molecule has 0 unspecified atom stereocenters. The summed E-state index contributed by atoms with van der Waals surface area (Å²) in [6.07, 6.45) is 0.687. The third kappa shape index (κ3) is 4.59. The Morgan fingerprint density at radius 3 is 2.68 bits per heavy atom. The second kappa shape index (κ2) is 8.47. The minimum atomic E-state index is -0.671. The molecule has 4 rings (SSSR count). The number of urea groups is 1. The number of nitrogens with one attached hydrogen (secondary N) is 3. The van der Waals surface area contributed by atoms with Crippen LogP contribution in [0.4, 0.5) is 10.5 Å². The van der Waals surface area contributed by atoms with Gasteiger partial charge >= 0.3 is 6.03 Å². The van der Waals surface area contributed by atoms with Crippen LogP contribution in [0.5, 0.6) is 5.75 Å². The number of halogens is 1. The highest BCUT2D eigenvalue weighted by atomic mass is 35.5. The maximum absolute atomic E-state index is 12.9. The number of piperazine rings is 1. The van der Waals surface area contributed by atoms with Crippen molar-refractivity contribution >= 4 is 35.1 Å². The SMILES string of the molecule is Cc1ccc(NC(=O)N[C@H]2C[C@H]3C(=O)N[C@H](Cc4ccc(O)cc4)C(=O)N3C2)cc1Cl. The first-order valence-corrected chi connectivity index (χ1v) is 10.4. The molecule has 4 amide bonds. The number of anilines is 1. The predicted molar refractivity (Wildman–Crippen MR) is 116 cm³/mol. The summed E-state index contributed by atoms with van der Waals surface area (Å²) in [6.45, 7) is 2.14.